The molecule has 1 nitrogen and oxygen atoms in total. The van der Waals surface area contributed by atoms with Crippen molar-refractivity contribution in [3.05, 3.63) is 63.2 Å². The molecule has 2 unspecified atom stereocenters. The molecule has 0 spiro atoms. The van der Waals surface area contributed by atoms with E-state index >= 15 is 0 Å². The van der Waals surface area contributed by atoms with Gasteiger partial charge in [-0.3, -0.25) is 4.79 Å². The Kier molecular flexibility index (Phi) is 4.29. The van der Waals surface area contributed by atoms with Crippen LogP contribution in [0.25, 0.3) is 0 Å². The molecule has 0 aromatic heterocycles. The summed E-state index contributed by atoms with van der Waals surface area (Å²) in [6.45, 7) is 3.63. The minimum Gasteiger partial charge on any atom is -0.299 e. The van der Waals surface area contributed by atoms with Crippen molar-refractivity contribution < 1.29 is 7.54 Å². The third-order valence-corrected chi connectivity index (χ3v) is 3.22. The van der Waals surface area contributed by atoms with E-state index in [1.54, 1.807) is 19.8 Å². The monoisotopic (exact) mass is 242 g/mol. The second-order valence-electron chi connectivity index (χ2n) is 4.33. The summed E-state index contributed by atoms with van der Waals surface area (Å²) in [6, 6.07) is 0. The Balaban J connectivity index is 2.38. The topological polar surface area (TPSA) is 17.1 Å². The molecule has 2 rings (SSSR count). The molecule has 0 aromatic carbocycles. The van der Waals surface area contributed by atoms with E-state index in [9.17, 15) is 4.79 Å². The van der Waals surface area contributed by atoms with Gasteiger partial charge >= 0.3 is 0 Å². The van der Waals surface area contributed by atoms with Gasteiger partial charge in [0.25, 0.3) is 0 Å². The van der Waals surface area contributed by atoms with Crippen LogP contribution in [0.3, 0.4) is 0 Å². The van der Waals surface area contributed by atoms with Crippen LogP contribution < -0.4 is 0 Å². The number of Topliss-reactive ketones (excluding diaryl/α,β-unsaturated/α-hetero) is 1. The summed E-state index contributed by atoms with van der Waals surface area (Å²) >= 11 is 0. The van der Waals surface area contributed by atoms with E-state index in [1.165, 1.54) is 0 Å². The minimum atomic E-state index is -1.56. The van der Waals surface area contributed by atoms with E-state index in [0.29, 0.717) is 12.3 Å². The van der Waals surface area contributed by atoms with E-state index in [4.69, 9.17) is 2.74 Å². The lowest BCUT2D eigenvalue weighted by molar-refractivity contribution is -0.123. The van der Waals surface area contributed by atoms with Gasteiger partial charge in [-0.2, -0.15) is 0 Å². The van der Waals surface area contributed by atoms with Crippen LogP contribution in [0.2, 0.25) is 0 Å². The van der Waals surface area contributed by atoms with Gasteiger partial charge in [0.05, 0.1) is 0 Å². The summed E-state index contributed by atoms with van der Waals surface area (Å²) in [5.41, 5.74) is 0. The second-order valence-corrected chi connectivity index (χ2v) is 4.33. The number of hydrogen-bond acceptors (Lipinski definition) is 1. The van der Waals surface area contributed by atoms with Crippen LogP contribution in [0.15, 0.2) is 0 Å². The maximum atomic E-state index is 12.5. The highest BCUT2D eigenvalue weighted by molar-refractivity contribution is 5.85. The molecular weight excluding hydrogens is 220 g/mol. The molecule has 18 heavy (non-hydrogen) atoms. The molecular formula is C17H20O. The largest absolute Gasteiger partial charge is 0.299 e. The zero-order valence-electron chi connectivity index (χ0n) is 12.9. The quantitative estimate of drug-likeness (QED) is 0.697. The van der Waals surface area contributed by atoms with Crippen molar-refractivity contribution in [3.63, 3.8) is 0 Å². The Morgan fingerprint density at radius 2 is 1.56 bits per heavy atom. The van der Waals surface area contributed by atoms with Gasteiger partial charge in [-0.1, -0.05) is 20.3 Å². The molecule has 0 aliphatic heterocycles. The van der Waals surface area contributed by atoms with E-state index in [0.717, 1.165) is 5.92 Å². The fourth-order valence-corrected chi connectivity index (χ4v) is 2.32. The fourth-order valence-electron chi connectivity index (χ4n) is 2.32. The van der Waals surface area contributed by atoms with Crippen LogP contribution in [0, 0.1) is 75.0 Å². The molecule has 0 N–H and O–H groups in total. The molecule has 0 bridgehead atoms. The molecule has 10 radical (unpaired) electrons. The Morgan fingerprint density at radius 1 is 1.06 bits per heavy atom. The van der Waals surface area contributed by atoms with Crippen molar-refractivity contribution in [1.29, 1.82) is 0 Å². The van der Waals surface area contributed by atoms with Crippen LogP contribution in [0.5, 0.6) is 0 Å². The molecule has 2 aliphatic rings. The van der Waals surface area contributed by atoms with Gasteiger partial charge in [0.2, 0.25) is 0 Å². The number of rotatable bonds is 6. The molecule has 2 fully saturated rings. The summed E-state index contributed by atoms with van der Waals surface area (Å²) in [5.74, 6) is -1.69. The van der Waals surface area contributed by atoms with Crippen LogP contribution in [-0.4, -0.2) is 5.78 Å². The van der Waals surface area contributed by atoms with E-state index in [-0.39, 0.29) is 12.2 Å². The van der Waals surface area contributed by atoms with Crippen molar-refractivity contribution in [1.82, 2.24) is 0 Å². The van der Waals surface area contributed by atoms with E-state index < -0.39 is 11.8 Å². The summed E-state index contributed by atoms with van der Waals surface area (Å²) in [6.07, 6.45) is 15.3. The Morgan fingerprint density at radius 3 is 2.00 bits per heavy atom. The third-order valence-electron chi connectivity index (χ3n) is 3.22. The first-order valence-electron chi connectivity index (χ1n) is 7.48. The molecule has 0 amide bonds. The molecule has 0 saturated heterocycles. The normalized spacial score (nSPS) is 30.6. The summed E-state index contributed by atoms with van der Waals surface area (Å²) in [4.78, 5) is 12.5. The first-order valence-corrected chi connectivity index (χ1v) is 6.48. The fraction of sp³-hybridized carbons (Fsp3) is 0.353. The maximum absolute atomic E-state index is 12.5. The minimum absolute atomic E-state index is 0.207. The van der Waals surface area contributed by atoms with Crippen molar-refractivity contribution in [2.75, 3.05) is 0 Å². The Hall–Kier alpha value is -0.330. The standard InChI is InChI=1S/C17H20O/c1-3-15(13-9-5-6-10-13)17(16(18)4-2)14-11-7-8-12-14/h5-12,15,17H,3-4H2,1-2H3/i15D,17D. The molecule has 2 saturated carbocycles. The van der Waals surface area contributed by atoms with Crippen molar-refractivity contribution in [3.8, 4) is 0 Å². The van der Waals surface area contributed by atoms with Gasteiger partial charge < -0.3 is 0 Å². The van der Waals surface area contributed by atoms with Gasteiger partial charge in [-0.05, 0) is 69.1 Å². The molecule has 2 aliphatic carbocycles. The van der Waals surface area contributed by atoms with Crippen molar-refractivity contribution in [2.24, 2.45) is 11.8 Å². The van der Waals surface area contributed by atoms with Gasteiger partial charge in [0.1, 0.15) is 5.78 Å². The zero-order valence-corrected chi connectivity index (χ0v) is 10.9. The predicted molar refractivity (Wildman–Crippen MR) is 73.5 cm³/mol. The number of carbonyl (C=O) groups excluding carboxylic acids is 1. The maximum Gasteiger partial charge on any atom is 0.136 e. The Bertz CT molecular complexity index is 345. The summed E-state index contributed by atoms with van der Waals surface area (Å²) < 4.78 is 17.8. The number of hydrogen-bond donors (Lipinski definition) is 0. The molecule has 2 atom stereocenters. The summed E-state index contributed by atoms with van der Waals surface area (Å²) in [7, 11) is 0. The number of carbonyl (C=O) groups is 1. The highest BCUT2D eigenvalue weighted by atomic mass is 16.1. The molecule has 0 heterocycles. The first-order chi connectivity index (χ1) is 9.50. The molecule has 94 valence electrons. The van der Waals surface area contributed by atoms with Crippen molar-refractivity contribution in [2.45, 2.75) is 26.7 Å². The average Bonchev–Trinajstić information content (AvgIpc) is 3.16. The van der Waals surface area contributed by atoms with Crippen LogP contribution in [0.1, 0.15) is 29.4 Å². The lowest BCUT2D eigenvalue weighted by Crippen LogP contribution is -2.32. The second kappa shape index (κ2) is 6.73. The van der Waals surface area contributed by atoms with Gasteiger partial charge in [-0.25, -0.2) is 0 Å². The van der Waals surface area contributed by atoms with Gasteiger partial charge in [0, 0.05) is 15.1 Å². The van der Waals surface area contributed by atoms with Crippen molar-refractivity contribution >= 4 is 5.78 Å². The van der Waals surface area contributed by atoms with E-state index in [1.807, 2.05) is 45.4 Å². The van der Waals surface area contributed by atoms with Crippen LogP contribution in [-0.2, 0) is 4.79 Å². The summed E-state index contributed by atoms with van der Waals surface area (Å²) in [5, 5.41) is 0. The van der Waals surface area contributed by atoms with Crippen LogP contribution in [0.4, 0.5) is 0 Å². The van der Waals surface area contributed by atoms with Crippen LogP contribution >= 0.6 is 0 Å². The lowest BCUT2D eigenvalue weighted by atomic mass is 9.70. The average molecular weight is 242 g/mol. The highest BCUT2D eigenvalue weighted by Crippen LogP contribution is 2.44. The smallest absolute Gasteiger partial charge is 0.136 e. The Labute approximate surface area is 116 Å². The lowest BCUT2D eigenvalue weighted by Gasteiger charge is -2.33. The SMILES string of the molecule is [2H]C(CC)([C]1[CH][CH][CH][CH]1)C([2H])([C]1[CH][CH][CH][CH]1)C(=O)CC. The zero-order chi connectivity index (χ0) is 14.8. The van der Waals surface area contributed by atoms with E-state index in [2.05, 4.69) is 0 Å². The van der Waals surface area contributed by atoms with Gasteiger partial charge in [0.15, 0.2) is 0 Å². The van der Waals surface area contributed by atoms with Gasteiger partial charge in [-0.15, -0.1) is 0 Å². The first kappa shape index (κ1) is 11.5. The molecule has 1 heteroatoms. The predicted octanol–water partition coefficient (Wildman–Crippen LogP) is 3.42. The third kappa shape index (κ3) is 2.97. The highest BCUT2D eigenvalue weighted by Gasteiger charge is 2.40. The number of ketones is 1. The molecule has 0 aromatic rings.